The molecular formula is C32H39FO6. The minimum absolute atomic E-state index is 0.0498. The molecule has 1 aliphatic rings. The first-order chi connectivity index (χ1) is 18.7. The lowest BCUT2D eigenvalue weighted by Gasteiger charge is -2.33. The van der Waals surface area contributed by atoms with Crippen molar-refractivity contribution in [3.63, 3.8) is 0 Å². The lowest BCUT2D eigenvalue weighted by atomic mass is 9.80. The molecule has 0 radical (unpaired) electrons. The van der Waals surface area contributed by atoms with Crippen molar-refractivity contribution in [3.05, 3.63) is 83.2 Å². The van der Waals surface area contributed by atoms with E-state index >= 15 is 0 Å². The first-order valence-electron chi connectivity index (χ1n) is 13.2. The van der Waals surface area contributed by atoms with Crippen molar-refractivity contribution in [2.75, 3.05) is 20.8 Å². The summed E-state index contributed by atoms with van der Waals surface area (Å²) in [7, 11) is 3.10. The van der Waals surface area contributed by atoms with Crippen LogP contribution in [0.25, 0.3) is 11.1 Å². The van der Waals surface area contributed by atoms with Gasteiger partial charge in [0, 0.05) is 24.5 Å². The molecule has 2 N–H and O–H groups in total. The van der Waals surface area contributed by atoms with Crippen molar-refractivity contribution in [3.8, 4) is 22.6 Å². The van der Waals surface area contributed by atoms with Gasteiger partial charge >= 0.3 is 5.97 Å². The average molecular weight is 539 g/mol. The molecule has 39 heavy (non-hydrogen) atoms. The molecule has 0 heterocycles. The fourth-order valence-corrected chi connectivity index (χ4v) is 4.16. The fraction of sp³-hybridized carbons (Fsp3) is 0.406. The summed E-state index contributed by atoms with van der Waals surface area (Å²) in [5.74, 6) is -0.0833. The van der Waals surface area contributed by atoms with Gasteiger partial charge in [0.1, 0.15) is 23.9 Å². The van der Waals surface area contributed by atoms with Gasteiger partial charge in [-0.05, 0) is 65.1 Å². The summed E-state index contributed by atoms with van der Waals surface area (Å²) >= 11 is 0. The van der Waals surface area contributed by atoms with Gasteiger partial charge in [-0.25, -0.2) is 4.39 Å². The molecule has 1 saturated carbocycles. The molecule has 0 bridgehead atoms. The van der Waals surface area contributed by atoms with E-state index in [2.05, 4.69) is 0 Å². The number of benzene rings is 3. The molecule has 6 nitrogen and oxygen atoms in total. The van der Waals surface area contributed by atoms with E-state index in [0.29, 0.717) is 29.0 Å². The molecule has 1 atom stereocenters. The van der Waals surface area contributed by atoms with Crippen LogP contribution < -0.4 is 9.47 Å². The molecule has 1 fully saturated rings. The van der Waals surface area contributed by atoms with Gasteiger partial charge in [-0.15, -0.1) is 0 Å². The Morgan fingerprint density at radius 1 is 0.949 bits per heavy atom. The Bertz CT molecular complexity index is 1230. The molecule has 1 unspecified atom stereocenters. The second-order valence-electron chi connectivity index (χ2n) is 10.4. The largest absolute Gasteiger partial charge is 0.497 e. The molecule has 7 heteroatoms. The van der Waals surface area contributed by atoms with Crippen LogP contribution in [0.3, 0.4) is 0 Å². The maximum atomic E-state index is 14.9. The molecule has 210 valence electrons. The van der Waals surface area contributed by atoms with Gasteiger partial charge in [0.15, 0.2) is 0 Å². The summed E-state index contributed by atoms with van der Waals surface area (Å²) in [6.45, 7) is 3.89. The van der Waals surface area contributed by atoms with E-state index in [1.54, 1.807) is 19.2 Å². The van der Waals surface area contributed by atoms with Crippen LogP contribution in [0.15, 0.2) is 60.7 Å². The summed E-state index contributed by atoms with van der Waals surface area (Å²) < 4.78 is 32.1. The quantitative estimate of drug-likeness (QED) is 0.259. The summed E-state index contributed by atoms with van der Waals surface area (Å²) in [5, 5.41) is 19.0. The average Bonchev–Trinajstić information content (AvgIpc) is 3.82. The lowest BCUT2D eigenvalue weighted by molar-refractivity contribution is -0.136. The SMILES string of the molecule is C1CC1.COc1ccc(F)c(-c2ccc(COc3cccc(CCC(=O)O)c3)cc2C(OC)C(C)(C)CO)c1. The van der Waals surface area contributed by atoms with Crippen LogP contribution in [-0.2, 0) is 22.6 Å². The van der Waals surface area contributed by atoms with Crippen molar-refractivity contribution in [1.82, 2.24) is 0 Å². The Kier molecular flexibility index (Phi) is 10.9. The standard InChI is InChI=1S/C29H33FO6.C3H6/c1-29(2,18-31)28(35-4)25-15-20(8-11-23(25)24-16-21(34-3)10-12-26(24)30)17-36-22-7-5-6-19(14-22)9-13-27(32)33;1-2-3-1/h5-8,10-12,14-16,28,31H,9,13,17-18H2,1-4H3,(H,32,33);1-3H2. The number of hydrogen-bond donors (Lipinski definition) is 2. The fourth-order valence-electron chi connectivity index (χ4n) is 4.16. The number of carboxylic acids is 1. The summed E-state index contributed by atoms with van der Waals surface area (Å²) in [4.78, 5) is 10.9. The summed E-state index contributed by atoms with van der Waals surface area (Å²) in [5.41, 5.74) is 2.81. The third-order valence-electron chi connectivity index (χ3n) is 6.50. The van der Waals surface area contributed by atoms with Gasteiger partial charge in [-0.1, -0.05) is 57.4 Å². The molecule has 0 aliphatic heterocycles. The zero-order valence-electron chi connectivity index (χ0n) is 23.2. The Morgan fingerprint density at radius 3 is 2.31 bits per heavy atom. The van der Waals surface area contributed by atoms with Crippen LogP contribution in [0.1, 0.15) is 62.3 Å². The van der Waals surface area contributed by atoms with Crippen LogP contribution in [0, 0.1) is 11.2 Å². The highest BCUT2D eigenvalue weighted by Gasteiger charge is 2.33. The number of ether oxygens (including phenoxy) is 3. The van der Waals surface area contributed by atoms with E-state index in [1.807, 2.05) is 56.3 Å². The lowest BCUT2D eigenvalue weighted by Crippen LogP contribution is -2.28. The summed E-state index contributed by atoms with van der Waals surface area (Å²) in [6.07, 6.45) is 4.44. The highest BCUT2D eigenvalue weighted by Crippen LogP contribution is 2.42. The number of aliphatic carboxylic acids is 1. The molecule has 4 rings (SSSR count). The topological polar surface area (TPSA) is 85.2 Å². The van der Waals surface area contributed by atoms with Gasteiger partial charge in [-0.3, -0.25) is 4.79 Å². The van der Waals surface area contributed by atoms with Crippen LogP contribution >= 0.6 is 0 Å². The van der Waals surface area contributed by atoms with Gasteiger partial charge in [0.25, 0.3) is 0 Å². The molecule has 0 saturated heterocycles. The van der Waals surface area contributed by atoms with Crippen molar-refractivity contribution < 1.29 is 33.6 Å². The number of aliphatic hydroxyl groups is 1. The van der Waals surface area contributed by atoms with Crippen LogP contribution in [0.2, 0.25) is 0 Å². The third kappa shape index (κ3) is 8.80. The first kappa shape index (κ1) is 30.1. The molecule has 0 aromatic heterocycles. The molecule has 0 spiro atoms. The number of rotatable bonds is 12. The minimum Gasteiger partial charge on any atom is -0.497 e. The molecule has 3 aromatic carbocycles. The molecular weight excluding hydrogens is 499 g/mol. The van der Waals surface area contributed by atoms with E-state index < -0.39 is 23.3 Å². The normalized spacial score (nSPS) is 13.2. The van der Waals surface area contributed by atoms with Gasteiger partial charge in [0.05, 0.1) is 19.8 Å². The van der Waals surface area contributed by atoms with E-state index in [-0.39, 0.29) is 19.6 Å². The van der Waals surface area contributed by atoms with Gasteiger partial charge < -0.3 is 24.4 Å². The van der Waals surface area contributed by atoms with Gasteiger partial charge in [-0.2, -0.15) is 0 Å². The Balaban J connectivity index is 0.00000131. The maximum Gasteiger partial charge on any atom is 0.303 e. The number of aliphatic hydroxyl groups excluding tert-OH is 1. The zero-order valence-corrected chi connectivity index (χ0v) is 23.2. The van der Waals surface area contributed by atoms with E-state index in [0.717, 1.165) is 16.7 Å². The van der Waals surface area contributed by atoms with Crippen LogP contribution in [0.5, 0.6) is 11.5 Å². The van der Waals surface area contributed by atoms with Crippen LogP contribution in [-0.4, -0.2) is 37.0 Å². The maximum absolute atomic E-state index is 14.9. The van der Waals surface area contributed by atoms with E-state index in [1.165, 1.54) is 32.4 Å². The predicted octanol–water partition coefficient (Wildman–Crippen LogP) is 6.97. The number of carbonyl (C=O) groups is 1. The van der Waals surface area contributed by atoms with Crippen molar-refractivity contribution in [2.24, 2.45) is 5.41 Å². The van der Waals surface area contributed by atoms with Crippen molar-refractivity contribution in [1.29, 1.82) is 0 Å². The Labute approximate surface area is 230 Å². The van der Waals surface area contributed by atoms with E-state index in [4.69, 9.17) is 19.3 Å². The Morgan fingerprint density at radius 2 is 1.69 bits per heavy atom. The zero-order chi connectivity index (χ0) is 28.4. The molecule has 1 aliphatic carbocycles. The predicted molar refractivity (Wildman–Crippen MR) is 150 cm³/mol. The smallest absolute Gasteiger partial charge is 0.303 e. The van der Waals surface area contributed by atoms with Crippen molar-refractivity contribution >= 4 is 5.97 Å². The number of carboxylic acid groups (broad SMARTS) is 1. The first-order valence-corrected chi connectivity index (χ1v) is 13.2. The molecule has 3 aromatic rings. The van der Waals surface area contributed by atoms with E-state index in [9.17, 15) is 14.3 Å². The molecule has 0 amide bonds. The Hall–Kier alpha value is -3.42. The second kappa shape index (κ2) is 14.1. The minimum atomic E-state index is -0.847. The highest BCUT2D eigenvalue weighted by atomic mass is 19.1. The number of methoxy groups -OCH3 is 2. The van der Waals surface area contributed by atoms with Crippen LogP contribution in [0.4, 0.5) is 4.39 Å². The monoisotopic (exact) mass is 538 g/mol. The number of hydrogen-bond acceptors (Lipinski definition) is 5. The second-order valence-corrected chi connectivity index (χ2v) is 10.4. The van der Waals surface area contributed by atoms with Gasteiger partial charge in [0.2, 0.25) is 0 Å². The number of aryl methyl sites for hydroxylation is 1. The highest BCUT2D eigenvalue weighted by molar-refractivity contribution is 5.70. The number of halogens is 1. The summed E-state index contributed by atoms with van der Waals surface area (Å²) in [6, 6.07) is 17.5. The van der Waals surface area contributed by atoms with Crippen molar-refractivity contribution in [2.45, 2.75) is 58.7 Å². The third-order valence-corrected chi connectivity index (χ3v) is 6.50.